The fraction of sp³-hybridized carbons (Fsp3) is 0.364. The Kier molecular flexibility index (Phi) is 3.03. The lowest BCUT2D eigenvalue weighted by Gasteiger charge is -2.11. The smallest absolute Gasteiger partial charge is 0.323 e. The van der Waals surface area contributed by atoms with Crippen LogP contribution in [0.25, 0.3) is 5.65 Å². The van der Waals surface area contributed by atoms with Crippen LogP contribution in [0, 0.1) is 6.92 Å². The summed E-state index contributed by atoms with van der Waals surface area (Å²) < 4.78 is 39.4. The maximum atomic E-state index is 12.7. The van der Waals surface area contributed by atoms with Crippen LogP contribution in [-0.4, -0.2) is 9.38 Å². The molecule has 0 saturated heterocycles. The van der Waals surface area contributed by atoms with E-state index in [1.54, 1.807) is 13.8 Å². The van der Waals surface area contributed by atoms with E-state index in [0.29, 0.717) is 11.4 Å². The molecular formula is C11H11ClF3N3. The van der Waals surface area contributed by atoms with Gasteiger partial charge in [-0.2, -0.15) is 13.2 Å². The molecule has 2 aromatic rings. The second-order valence-corrected chi connectivity index (χ2v) is 4.55. The summed E-state index contributed by atoms with van der Waals surface area (Å²) in [6, 6.07) is 0.438. The number of hydrogen-bond donors (Lipinski definition) is 1. The fourth-order valence-electron chi connectivity index (χ4n) is 1.94. The summed E-state index contributed by atoms with van der Waals surface area (Å²) in [5.41, 5.74) is 6.32. The van der Waals surface area contributed by atoms with Crippen molar-refractivity contribution in [2.24, 2.45) is 5.73 Å². The van der Waals surface area contributed by atoms with Crippen molar-refractivity contribution >= 4 is 17.2 Å². The van der Waals surface area contributed by atoms with Gasteiger partial charge in [0.1, 0.15) is 0 Å². The van der Waals surface area contributed by atoms with E-state index in [1.807, 2.05) is 0 Å². The largest absolute Gasteiger partial charge is 0.417 e. The van der Waals surface area contributed by atoms with E-state index in [2.05, 4.69) is 4.98 Å². The molecule has 7 heteroatoms. The van der Waals surface area contributed by atoms with Gasteiger partial charge < -0.3 is 10.1 Å². The maximum Gasteiger partial charge on any atom is 0.417 e. The van der Waals surface area contributed by atoms with Crippen molar-refractivity contribution in [1.29, 1.82) is 0 Å². The van der Waals surface area contributed by atoms with Gasteiger partial charge in [0, 0.05) is 12.2 Å². The number of imidazole rings is 1. The Morgan fingerprint density at radius 2 is 2.06 bits per heavy atom. The Labute approximate surface area is 106 Å². The number of nitrogens with zero attached hydrogens (tertiary/aromatic N) is 2. The van der Waals surface area contributed by atoms with Gasteiger partial charge in [0.05, 0.1) is 22.0 Å². The quantitative estimate of drug-likeness (QED) is 0.869. The van der Waals surface area contributed by atoms with Gasteiger partial charge in [-0.05, 0) is 19.9 Å². The summed E-state index contributed by atoms with van der Waals surface area (Å²) in [5.74, 6) is 0. The third-order valence-electron chi connectivity index (χ3n) is 2.65. The van der Waals surface area contributed by atoms with Crippen LogP contribution in [-0.2, 0) is 6.18 Å². The van der Waals surface area contributed by atoms with E-state index >= 15 is 0 Å². The van der Waals surface area contributed by atoms with Crippen molar-refractivity contribution in [3.63, 3.8) is 0 Å². The summed E-state index contributed by atoms with van der Waals surface area (Å²) in [5, 5.41) is -0.0418. The number of halogens is 4. The van der Waals surface area contributed by atoms with Crippen LogP contribution < -0.4 is 5.73 Å². The predicted octanol–water partition coefficient (Wildman–Crippen LogP) is 3.33. The second-order valence-electron chi connectivity index (χ2n) is 4.14. The number of fused-ring (bicyclic) bond motifs is 1. The van der Waals surface area contributed by atoms with E-state index in [-0.39, 0.29) is 10.7 Å². The molecule has 1 atom stereocenters. The topological polar surface area (TPSA) is 43.3 Å². The molecule has 0 bridgehead atoms. The Balaban J connectivity index is 2.81. The minimum atomic E-state index is -4.45. The van der Waals surface area contributed by atoms with Crippen LogP contribution in [0.3, 0.4) is 0 Å². The van der Waals surface area contributed by atoms with Crippen LogP contribution in [0.1, 0.15) is 29.9 Å². The van der Waals surface area contributed by atoms with E-state index in [9.17, 15) is 13.2 Å². The molecule has 18 heavy (non-hydrogen) atoms. The molecule has 1 unspecified atom stereocenters. The molecule has 0 spiro atoms. The molecule has 2 rings (SSSR count). The van der Waals surface area contributed by atoms with Gasteiger partial charge in [-0.3, -0.25) is 0 Å². The number of nitrogens with two attached hydrogens (primary N) is 1. The highest BCUT2D eigenvalue weighted by Crippen LogP contribution is 2.33. The molecule has 0 aliphatic rings. The average Bonchev–Trinajstić information content (AvgIpc) is 2.53. The van der Waals surface area contributed by atoms with Gasteiger partial charge >= 0.3 is 6.18 Å². The Bertz CT molecular complexity index is 602. The number of aromatic nitrogens is 2. The average molecular weight is 278 g/mol. The molecule has 0 aliphatic heterocycles. The lowest BCUT2D eigenvalue weighted by molar-refractivity contribution is -0.137. The molecule has 2 N–H and O–H groups in total. The molecule has 2 aromatic heterocycles. The molecule has 98 valence electrons. The van der Waals surface area contributed by atoms with Gasteiger partial charge in [0.25, 0.3) is 0 Å². The number of pyridine rings is 1. The lowest BCUT2D eigenvalue weighted by atomic mass is 10.2. The van der Waals surface area contributed by atoms with Crippen LogP contribution in [0.15, 0.2) is 12.3 Å². The Hall–Kier alpha value is -1.27. The highest BCUT2D eigenvalue weighted by Gasteiger charge is 2.32. The Morgan fingerprint density at radius 1 is 1.44 bits per heavy atom. The van der Waals surface area contributed by atoms with Crippen molar-refractivity contribution in [3.8, 4) is 0 Å². The first-order valence-electron chi connectivity index (χ1n) is 5.22. The zero-order valence-electron chi connectivity index (χ0n) is 9.72. The molecule has 0 saturated carbocycles. The first-order valence-corrected chi connectivity index (χ1v) is 5.60. The van der Waals surface area contributed by atoms with Crippen LogP contribution in [0.4, 0.5) is 13.2 Å². The van der Waals surface area contributed by atoms with Crippen LogP contribution >= 0.6 is 11.6 Å². The number of hydrogen-bond acceptors (Lipinski definition) is 2. The molecule has 0 amide bonds. The summed E-state index contributed by atoms with van der Waals surface area (Å²) in [6.45, 7) is 3.37. The molecule has 0 radical (unpaired) electrons. The Morgan fingerprint density at radius 3 is 2.56 bits per heavy atom. The van der Waals surface area contributed by atoms with Crippen molar-refractivity contribution in [2.75, 3.05) is 0 Å². The van der Waals surface area contributed by atoms with Gasteiger partial charge in [0.15, 0.2) is 5.65 Å². The first kappa shape index (κ1) is 13.2. The summed E-state index contributed by atoms with van der Waals surface area (Å²) in [4.78, 5) is 4.14. The van der Waals surface area contributed by atoms with Gasteiger partial charge in [-0.1, -0.05) is 11.6 Å². The summed E-state index contributed by atoms with van der Waals surface area (Å²) in [6.07, 6.45) is -3.48. The molecule has 0 aliphatic carbocycles. The molecule has 3 nitrogen and oxygen atoms in total. The first-order chi connectivity index (χ1) is 8.21. The van der Waals surface area contributed by atoms with Crippen molar-refractivity contribution in [2.45, 2.75) is 26.1 Å². The van der Waals surface area contributed by atoms with E-state index in [4.69, 9.17) is 17.3 Å². The summed E-state index contributed by atoms with van der Waals surface area (Å²) in [7, 11) is 0. The highest BCUT2D eigenvalue weighted by molar-refractivity contribution is 6.33. The standard InChI is InChI=1S/C11H11ClF3N3/c1-5(16)9-6(2)17-10-8(12)3-7(4-18(9)10)11(13,14)15/h3-5H,16H2,1-2H3. The van der Waals surface area contributed by atoms with Crippen molar-refractivity contribution in [3.05, 3.63) is 34.2 Å². The van der Waals surface area contributed by atoms with Gasteiger partial charge in [-0.25, -0.2) is 4.98 Å². The number of aryl methyl sites for hydroxylation is 1. The third-order valence-corrected chi connectivity index (χ3v) is 2.93. The zero-order chi connectivity index (χ0) is 13.7. The van der Waals surface area contributed by atoms with E-state index in [0.717, 1.165) is 12.3 Å². The lowest BCUT2D eigenvalue weighted by Crippen LogP contribution is -2.12. The normalized spacial score (nSPS) is 14.2. The second kappa shape index (κ2) is 4.13. The fourth-order valence-corrected chi connectivity index (χ4v) is 2.19. The molecule has 0 fully saturated rings. The minimum Gasteiger partial charge on any atom is -0.323 e. The van der Waals surface area contributed by atoms with Gasteiger partial charge in [0.2, 0.25) is 0 Å². The van der Waals surface area contributed by atoms with Gasteiger partial charge in [-0.15, -0.1) is 0 Å². The SMILES string of the molecule is Cc1nc2c(Cl)cc(C(F)(F)F)cn2c1C(C)N. The molecule has 0 aromatic carbocycles. The predicted molar refractivity (Wildman–Crippen MR) is 62.5 cm³/mol. The molecular weight excluding hydrogens is 267 g/mol. The van der Waals surface area contributed by atoms with Crippen LogP contribution in [0.2, 0.25) is 5.02 Å². The minimum absolute atomic E-state index is 0.0418. The highest BCUT2D eigenvalue weighted by atomic mass is 35.5. The maximum absolute atomic E-state index is 12.7. The number of alkyl halides is 3. The zero-order valence-corrected chi connectivity index (χ0v) is 10.5. The van der Waals surface area contributed by atoms with Crippen molar-refractivity contribution in [1.82, 2.24) is 9.38 Å². The number of rotatable bonds is 1. The van der Waals surface area contributed by atoms with Crippen LogP contribution in [0.5, 0.6) is 0 Å². The van der Waals surface area contributed by atoms with Crippen molar-refractivity contribution < 1.29 is 13.2 Å². The third kappa shape index (κ3) is 2.06. The summed E-state index contributed by atoms with van der Waals surface area (Å²) >= 11 is 5.83. The van der Waals surface area contributed by atoms with E-state index < -0.39 is 17.8 Å². The van der Waals surface area contributed by atoms with E-state index in [1.165, 1.54) is 4.40 Å². The molecule has 2 heterocycles. The monoisotopic (exact) mass is 277 g/mol.